The summed E-state index contributed by atoms with van der Waals surface area (Å²) in [4.78, 5) is 17.3. The van der Waals surface area contributed by atoms with Gasteiger partial charge in [-0.3, -0.25) is 14.6 Å². The van der Waals surface area contributed by atoms with Gasteiger partial charge in [-0.05, 0) is 69.0 Å². The van der Waals surface area contributed by atoms with Crippen molar-refractivity contribution in [1.29, 1.82) is 0 Å². The van der Waals surface area contributed by atoms with E-state index in [4.69, 9.17) is 0 Å². The van der Waals surface area contributed by atoms with Gasteiger partial charge in [-0.25, -0.2) is 0 Å². The molecule has 4 nitrogen and oxygen atoms in total. The van der Waals surface area contributed by atoms with Crippen LogP contribution in [0.3, 0.4) is 0 Å². The molecule has 0 radical (unpaired) electrons. The second-order valence-corrected chi connectivity index (χ2v) is 8.78. The average molecular weight is 370 g/mol. The van der Waals surface area contributed by atoms with Gasteiger partial charge in [0, 0.05) is 38.6 Å². The van der Waals surface area contributed by atoms with Crippen LogP contribution in [-0.2, 0) is 11.3 Å². The van der Waals surface area contributed by atoms with Crippen molar-refractivity contribution in [3.63, 3.8) is 0 Å². The molecule has 27 heavy (non-hydrogen) atoms. The highest BCUT2D eigenvalue weighted by atomic mass is 16.1. The van der Waals surface area contributed by atoms with Gasteiger partial charge >= 0.3 is 0 Å². The summed E-state index contributed by atoms with van der Waals surface area (Å²) in [6.07, 6.45) is 8.30. The van der Waals surface area contributed by atoms with E-state index in [-0.39, 0.29) is 5.91 Å². The first-order valence-corrected chi connectivity index (χ1v) is 11.0. The number of likely N-dealkylation sites (tertiary alicyclic amines) is 1. The molecular weight excluding hydrogens is 334 g/mol. The maximum atomic E-state index is 11.7. The molecule has 4 rings (SSSR count). The third-order valence-electron chi connectivity index (χ3n) is 7.19. The first-order chi connectivity index (χ1) is 13.3. The number of hydrogen-bond donors (Lipinski definition) is 1. The molecule has 0 saturated carbocycles. The predicted octanol–water partition coefficient (Wildman–Crippen LogP) is 3.28. The minimum Gasteiger partial charge on any atom is -0.359 e. The van der Waals surface area contributed by atoms with Gasteiger partial charge in [-0.1, -0.05) is 30.3 Å². The molecule has 0 bridgehead atoms. The van der Waals surface area contributed by atoms with E-state index in [1.165, 1.54) is 50.9 Å². The molecule has 3 saturated heterocycles. The number of benzene rings is 1. The number of amides is 1. The van der Waals surface area contributed by atoms with Gasteiger partial charge in [0.1, 0.15) is 0 Å². The number of hydrogen-bond acceptors (Lipinski definition) is 3. The lowest BCUT2D eigenvalue weighted by atomic mass is 9.69. The second-order valence-electron chi connectivity index (χ2n) is 8.78. The van der Waals surface area contributed by atoms with Crippen LogP contribution in [0.1, 0.15) is 50.5 Å². The van der Waals surface area contributed by atoms with Crippen LogP contribution in [0.4, 0.5) is 0 Å². The van der Waals surface area contributed by atoms with Crippen molar-refractivity contribution in [3.05, 3.63) is 35.9 Å². The SMILES string of the molecule is CNC(=O)CCC[C@@H]1[C@H]2CCCN3CCC[C@@H](CN1Cc1ccccc1)[C@@H]23. The Morgan fingerprint density at radius 3 is 2.70 bits per heavy atom. The van der Waals surface area contributed by atoms with E-state index >= 15 is 0 Å². The zero-order valence-electron chi connectivity index (χ0n) is 16.8. The molecule has 0 aliphatic carbocycles. The third kappa shape index (κ3) is 4.22. The van der Waals surface area contributed by atoms with Gasteiger partial charge in [0.25, 0.3) is 0 Å². The van der Waals surface area contributed by atoms with E-state index in [1.54, 1.807) is 7.05 Å². The van der Waals surface area contributed by atoms with Crippen molar-refractivity contribution >= 4 is 5.91 Å². The van der Waals surface area contributed by atoms with Gasteiger partial charge in [-0.15, -0.1) is 0 Å². The van der Waals surface area contributed by atoms with E-state index in [2.05, 4.69) is 45.4 Å². The average Bonchev–Trinajstić information content (AvgIpc) is 2.71. The quantitative estimate of drug-likeness (QED) is 0.836. The standard InChI is InChI=1S/C23H35N3O/c1-24-22(27)13-5-12-21-20-11-7-15-25-14-6-10-19(23(20)25)17-26(21)16-18-8-3-2-4-9-18/h2-4,8-9,19-21,23H,5-7,10-17H2,1H3,(H,24,27)/t19-,20+,21+,23-/m0/s1. The maximum absolute atomic E-state index is 11.7. The van der Waals surface area contributed by atoms with Crippen LogP contribution >= 0.6 is 0 Å². The molecular formula is C23H35N3O. The van der Waals surface area contributed by atoms with E-state index < -0.39 is 0 Å². The van der Waals surface area contributed by atoms with Crippen LogP contribution in [0, 0.1) is 11.8 Å². The molecule has 1 amide bonds. The van der Waals surface area contributed by atoms with E-state index in [0.717, 1.165) is 37.3 Å². The molecule has 0 spiro atoms. The summed E-state index contributed by atoms with van der Waals surface area (Å²) in [5.41, 5.74) is 1.43. The molecule has 0 aromatic heterocycles. The smallest absolute Gasteiger partial charge is 0.219 e. The fourth-order valence-electron chi connectivity index (χ4n) is 6.08. The van der Waals surface area contributed by atoms with Gasteiger partial charge < -0.3 is 5.32 Å². The lowest BCUT2D eigenvalue weighted by molar-refractivity contribution is -0.121. The first kappa shape index (κ1) is 18.9. The summed E-state index contributed by atoms with van der Waals surface area (Å²) < 4.78 is 0. The van der Waals surface area contributed by atoms with Crippen molar-refractivity contribution in [1.82, 2.24) is 15.1 Å². The first-order valence-electron chi connectivity index (χ1n) is 11.0. The van der Waals surface area contributed by atoms with Gasteiger partial charge in [0.2, 0.25) is 5.91 Å². The lowest BCUT2D eigenvalue weighted by Gasteiger charge is -2.57. The zero-order chi connectivity index (χ0) is 18.6. The van der Waals surface area contributed by atoms with Crippen molar-refractivity contribution in [2.75, 3.05) is 26.7 Å². The Labute approximate surface area is 164 Å². The number of nitrogens with one attached hydrogen (secondary N) is 1. The molecule has 3 fully saturated rings. The number of nitrogens with zero attached hydrogens (tertiary/aromatic N) is 2. The Morgan fingerprint density at radius 1 is 1.15 bits per heavy atom. The molecule has 3 aliphatic rings. The second kappa shape index (κ2) is 8.74. The maximum Gasteiger partial charge on any atom is 0.219 e. The summed E-state index contributed by atoms with van der Waals surface area (Å²) in [7, 11) is 1.75. The summed E-state index contributed by atoms with van der Waals surface area (Å²) in [5.74, 6) is 1.80. The van der Waals surface area contributed by atoms with Crippen LogP contribution in [-0.4, -0.2) is 54.5 Å². The summed E-state index contributed by atoms with van der Waals surface area (Å²) in [6.45, 7) is 4.91. The van der Waals surface area contributed by atoms with Crippen molar-refractivity contribution < 1.29 is 4.79 Å². The highest BCUT2D eigenvalue weighted by Gasteiger charge is 2.48. The monoisotopic (exact) mass is 369 g/mol. The molecule has 148 valence electrons. The van der Waals surface area contributed by atoms with E-state index in [9.17, 15) is 4.79 Å². The summed E-state index contributed by atoms with van der Waals surface area (Å²) >= 11 is 0. The molecule has 0 unspecified atom stereocenters. The topological polar surface area (TPSA) is 35.6 Å². The Kier molecular flexibility index (Phi) is 6.14. The Hall–Kier alpha value is -1.39. The molecule has 4 heteroatoms. The molecule has 1 aromatic carbocycles. The van der Waals surface area contributed by atoms with Crippen LogP contribution in [0.5, 0.6) is 0 Å². The third-order valence-corrected chi connectivity index (χ3v) is 7.19. The number of carbonyl (C=O) groups is 1. The van der Waals surface area contributed by atoms with Gasteiger partial charge in [-0.2, -0.15) is 0 Å². The molecule has 4 atom stereocenters. The number of rotatable bonds is 6. The van der Waals surface area contributed by atoms with Gasteiger partial charge in [0.15, 0.2) is 0 Å². The Balaban J connectivity index is 1.52. The molecule has 3 aliphatic heterocycles. The molecule has 1 N–H and O–H groups in total. The van der Waals surface area contributed by atoms with Crippen LogP contribution in [0.2, 0.25) is 0 Å². The highest BCUT2D eigenvalue weighted by Crippen LogP contribution is 2.43. The lowest BCUT2D eigenvalue weighted by Crippen LogP contribution is -2.64. The van der Waals surface area contributed by atoms with E-state index in [0.29, 0.717) is 12.5 Å². The number of carbonyl (C=O) groups excluding carboxylic acids is 1. The van der Waals surface area contributed by atoms with E-state index in [1.807, 2.05) is 0 Å². The van der Waals surface area contributed by atoms with Crippen molar-refractivity contribution in [2.45, 2.75) is 63.6 Å². The fourth-order valence-corrected chi connectivity index (χ4v) is 6.08. The summed E-state index contributed by atoms with van der Waals surface area (Å²) in [5, 5.41) is 2.78. The summed E-state index contributed by atoms with van der Waals surface area (Å²) in [6, 6.07) is 12.4. The van der Waals surface area contributed by atoms with Gasteiger partial charge in [0.05, 0.1) is 0 Å². The minimum atomic E-state index is 0.182. The Morgan fingerprint density at radius 2 is 1.93 bits per heavy atom. The number of piperidine rings is 3. The Bertz CT molecular complexity index is 617. The van der Waals surface area contributed by atoms with Crippen LogP contribution < -0.4 is 5.32 Å². The largest absolute Gasteiger partial charge is 0.359 e. The highest BCUT2D eigenvalue weighted by molar-refractivity contribution is 5.75. The molecule has 3 heterocycles. The van der Waals surface area contributed by atoms with Crippen molar-refractivity contribution in [2.24, 2.45) is 11.8 Å². The minimum absolute atomic E-state index is 0.182. The van der Waals surface area contributed by atoms with Crippen LogP contribution in [0.25, 0.3) is 0 Å². The normalized spacial score (nSPS) is 31.3. The predicted molar refractivity (Wildman–Crippen MR) is 109 cm³/mol. The van der Waals surface area contributed by atoms with Crippen LogP contribution in [0.15, 0.2) is 30.3 Å². The van der Waals surface area contributed by atoms with Crippen molar-refractivity contribution in [3.8, 4) is 0 Å². The fraction of sp³-hybridized carbons (Fsp3) is 0.696. The molecule has 1 aromatic rings. The zero-order valence-corrected chi connectivity index (χ0v) is 16.8.